The van der Waals surface area contributed by atoms with E-state index in [0.29, 0.717) is 88.2 Å². The molecule has 1 heterocycles. The number of alkyl halides is 3. The van der Waals surface area contributed by atoms with E-state index < -0.39 is 136 Å². The first kappa shape index (κ1) is 92.3. The summed E-state index contributed by atoms with van der Waals surface area (Å²) >= 11 is 7.50. The van der Waals surface area contributed by atoms with E-state index in [9.17, 15) is 79.2 Å². The van der Waals surface area contributed by atoms with Crippen LogP contribution in [0, 0.1) is 114 Å². The molecule has 0 amide bonds. The van der Waals surface area contributed by atoms with Gasteiger partial charge in [-0.15, -0.1) is 11.6 Å². The van der Waals surface area contributed by atoms with Crippen molar-refractivity contribution in [2.45, 2.75) is 276 Å². The van der Waals surface area contributed by atoms with Crippen LogP contribution in [0.1, 0.15) is 226 Å². The van der Waals surface area contributed by atoms with E-state index in [1.807, 2.05) is 67.5 Å². The minimum atomic E-state index is -1.90. The molecular formula is C99H133ClF2O21. The van der Waals surface area contributed by atoms with Crippen LogP contribution in [0.25, 0.3) is 0 Å². The monoisotopic (exact) mass is 1730 g/mol. The zero-order chi connectivity index (χ0) is 90.1. The molecule has 1 aromatic heterocycles. The zero-order valence-electron chi connectivity index (χ0n) is 73.9. The van der Waals surface area contributed by atoms with Crippen molar-refractivity contribution < 1.29 is 114 Å². The van der Waals surface area contributed by atoms with Crippen LogP contribution in [0.2, 0.25) is 0 Å². The number of ketones is 5. The first-order valence-electron chi connectivity index (χ1n) is 44.9. The largest absolute Gasteiger partial charge is 0.509 e. The number of hydrogen-bond donors (Lipinski definition) is 8. The quantitative estimate of drug-likeness (QED) is 0.0417. The van der Waals surface area contributed by atoms with E-state index in [4.69, 9.17) is 35.0 Å². The third-order valence-electron chi connectivity index (χ3n) is 36.5. The van der Waals surface area contributed by atoms with Gasteiger partial charge in [0.25, 0.3) is 0 Å². The molecule has 17 rings (SSSR count). The summed E-state index contributed by atoms with van der Waals surface area (Å²) in [5.41, 5.74) is -11.4. The lowest BCUT2D eigenvalue weighted by Crippen LogP contribution is -2.69. The SMILES string of the molecule is C=C(CO)[C@@]1(O)[C@@H](C)C[C@H]2[C@@H]3CCC4=CC(=O)C=C[C@]4(C)[C@@]3(F)[C@@H](O)C[C@@]21C.C=C(CO)[C@@]1(O)[C@H](C)C[C@H]2[C@@H]3CCC4=CC(=O)C=C[C@]4(C)[C@@]3(F)[C@@H](O)C[C@@]21C.CCC(=O)[C@]1(OC(=O)c2ccco2)C(C)C[C@H]2[C@@H]3CCC4=CC(=O)C=C[C@]4(C)[C@]3(Cl)C(O)C[C@@]21C.CCOC(=O)O[C@@]1(C(=O)OCC)CC[C@H]2[C@@H]3CCC4=CC(=O)C=C[C@]4(C)[C@@H]3C(O)C[C@@]21C.[HH].[HH]. The molecule has 24 heteroatoms. The van der Waals surface area contributed by atoms with Gasteiger partial charge in [-0.1, -0.05) is 129 Å². The topological polar surface area (TPSA) is 348 Å². The predicted octanol–water partition coefficient (Wildman–Crippen LogP) is 15.0. The number of aliphatic hydroxyl groups is 8. The summed E-state index contributed by atoms with van der Waals surface area (Å²) in [6.45, 7) is 33.9. The lowest BCUT2D eigenvalue weighted by Gasteiger charge is -2.64. The maximum atomic E-state index is 16.9. The molecule has 0 aromatic carbocycles. The smallest absolute Gasteiger partial charge is 0.463 e. The molecule has 0 saturated heterocycles. The van der Waals surface area contributed by atoms with Crippen LogP contribution in [0.5, 0.6) is 0 Å². The van der Waals surface area contributed by atoms with Gasteiger partial charge in [-0.3, -0.25) is 24.0 Å². The molecule has 8 N–H and O–H groups in total. The number of ether oxygens (including phenoxy) is 4. The Bertz CT molecular complexity index is 4670. The highest BCUT2D eigenvalue weighted by Gasteiger charge is 2.80. The molecule has 123 heavy (non-hydrogen) atoms. The molecule has 0 radical (unpaired) electrons. The number of furan rings is 1. The molecule has 1 aromatic rings. The second-order valence-electron chi connectivity index (χ2n) is 41.2. The maximum absolute atomic E-state index is 16.9. The summed E-state index contributed by atoms with van der Waals surface area (Å²) < 4.78 is 61.5. The highest BCUT2D eigenvalue weighted by atomic mass is 35.5. The first-order valence-corrected chi connectivity index (χ1v) is 45.3. The Kier molecular flexibility index (Phi) is 23.6. The Morgan fingerprint density at radius 3 is 1.45 bits per heavy atom. The minimum absolute atomic E-state index is 0. The third kappa shape index (κ3) is 12.5. The molecule has 0 aliphatic heterocycles. The van der Waals surface area contributed by atoms with Crippen molar-refractivity contribution in [2.75, 3.05) is 26.4 Å². The van der Waals surface area contributed by atoms with Crippen molar-refractivity contribution >= 4 is 58.6 Å². The molecular weight excluding hydrogens is 1600 g/mol. The summed E-state index contributed by atoms with van der Waals surface area (Å²) in [6.07, 6.45) is 24.9. The van der Waals surface area contributed by atoms with Gasteiger partial charge in [-0.25, -0.2) is 23.2 Å². The Balaban J connectivity index is 0.000000152. The van der Waals surface area contributed by atoms with Gasteiger partial charge in [-0.05, 0) is 256 Å². The highest BCUT2D eigenvalue weighted by molar-refractivity contribution is 6.26. The number of hydrogen-bond acceptors (Lipinski definition) is 21. The number of carbonyl (C=O) groups excluding carboxylic acids is 8. The second kappa shape index (κ2) is 31.5. The number of aliphatic hydroxyl groups excluding tert-OH is 6. The van der Waals surface area contributed by atoms with Crippen molar-refractivity contribution in [3.05, 3.63) is 144 Å². The molecule has 3 unspecified atom stereocenters. The molecule has 21 nitrogen and oxygen atoms in total. The van der Waals surface area contributed by atoms with Gasteiger partial charge >= 0.3 is 18.1 Å². The first-order chi connectivity index (χ1) is 57.5. The number of carbonyl (C=O) groups is 8. The van der Waals surface area contributed by atoms with Crippen LogP contribution in [0.15, 0.2) is 142 Å². The Morgan fingerprint density at radius 1 is 0.537 bits per heavy atom. The van der Waals surface area contributed by atoms with Gasteiger partial charge in [-0.2, -0.15) is 0 Å². The molecule has 16 aliphatic carbocycles. The number of Topliss-reactive ketones (excluding diaryl/α,β-unsaturated/α-hetero) is 1. The number of rotatable bonds is 12. The van der Waals surface area contributed by atoms with Gasteiger partial charge in [0.1, 0.15) is 0 Å². The van der Waals surface area contributed by atoms with Gasteiger partial charge in [0.05, 0.1) is 73.2 Å². The van der Waals surface area contributed by atoms with E-state index in [0.717, 1.165) is 35.1 Å². The molecule has 676 valence electrons. The van der Waals surface area contributed by atoms with Crippen LogP contribution in [0.3, 0.4) is 0 Å². The van der Waals surface area contributed by atoms with Crippen LogP contribution in [-0.4, -0.2) is 177 Å². The fourth-order valence-corrected chi connectivity index (χ4v) is 31.0. The Hall–Kier alpha value is -6.93. The van der Waals surface area contributed by atoms with E-state index in [2.05, 4.69) is 20.1 Å². The zero-order valence-corrected chi connectivity index (χ0v) is 74.6. The highest BCUT2D eigenvalue weighted by Crippen LogP contribution is 2.77. The molecule has 0 spiro atoms. The van der Waals surface area contributed by atoms with Crippen molar-refractivity contribution in [3.8, 4) is 0 Å². The van der Waals surface area contributed by atoms with Crippen LogP contribution >= 0.6 is 11.6 Å². The normalized spacial score (nSPS) is 47.5. The molecule has 31 atom stereocenters. The van der Waals surface area contributed by atoms with Gasteiger partial charge in [0, 0.05) is 76.3 Å². The molecule has 12 fully saturated rings. The Labute approximate surface area is 729 Å². The van der Waals surface area contributed by atoms with Crippen molar-refractivity contribution in [1.29, 1.82) is 0 Å². The number of esters is 2. The van der Waals surface area contributed by atoms with Crippen LogP contribution in [-0.2, 0) is 47.7 Å². The average molecular weight is 1730 g/mol. The lowest BCUT2D eigenvalue weighted by molar-refractivity contribution is -0.214. The third-order valence-corrected chi connectivity index (χ3v) is 37.5. The molecule has 16 aliphatic rings. The van der Waals surface area contributed by atoms with E-state index in [1.165, 1.54) is 36.6 Å². The number of allylic oxidation sites excluding steroid dienone is 16. The number of halogens is 3. The summed E-state index contributed by atoms with van der Waals surface area (Å²) in [4.78, 5) is 99.3. The molecule has 0 bridgehead atoms. The fourth-order valence-electron chi connectivity index (χ4n) is 30.5. The van der Waals surface area contributed by atoms with E-state index in [1.54, 1.807) is 77.1 Å². The van der Waals surface area contributed by atoms with Crippen molar-refractivity contribution in [2.24, 2.45) is 114 Å². The minimum Gasteiger partial charge on any atom is -0.463 e. The van der Waals surface area contributed by atoms with E-state index >= 15 is 8.78 Å². The molecule has 12 saturated carbocycles. The average Bonchev–Trinajstić information content (AvgIpc) is 1.73. The fraction of sp³-hybridized carbons (Fsp3) is 0.677. The summed E-state index contributed by atoms with van der Waals surface area (Å²) in [6, 6.07) is 3.13. The van der Waals surface area contributed by atoms with Crippen LogP contribution in [0.4, 0.5) is 13.6 Å². The van der Waals surface area contributed by atoms with Gasteiger partial charge in [0.2, 0.25) is 11.4 Å². The maximum Gasteiger partial charge on any atom is 0.509 e. The van der Waals surface area contributed by atoms with Crippen LogP contribution < -0.4 is 0 Å². The summed E-state index contributed by atoms with van der Waals surface area (Å²) in [5, 5.41) is 88.4. The van der Waals surface area contributed by atoms with Gasteiger partial charge in [0.15, 0.2) is 45.9 Å². The predicted molar refractivity (Wildman–Crippen MR) is 458 cm³/mol. The summed E-state index contributed by atoms with van der Waals surface area (Å²) in [5.74, 6) is -3.51. The lowest BCUT2D eigenvalue weighted by atomic mass is 9.44. The Morgan fingerprint density at radius 2 is 0.976 bits per heavy atom. The van der Waals surface area contributed by atoms with E-state index in [-0.39, 0.29) is 149 Å². The van der Waals surface area contributed by atoms with Crippen molar-refractivity contribution in [3.63, 3.8) is 0 Å². The number of fused-ring (bicyclic) bond motifs is 20. The second-order valence-corrected chi connectivity index (χ2v) is 41.8. The standard InChI is InChI=1S/C28H33ClO6.C25H34O7.2C23H31FO4.2H2/c1-5-22(31)28(35-24(33)21-7-6-12-34-21)16(2)13-20-19-9-8-17-14-18(30)10-11-25(17,3)27(19,29)23(32)15-26(20,28)4;1-5-30-21(28)25(32-22(29)31-6-2)12-10-18-17-8-7-15-13-16(26)9-11-23(15,3)20(17)19(27)14-24(18,25)4;2*1-13-9-18-17-6-5-15-10-16(26)7-8-20(15,3)22(17,24)19(27)11-21(18,4)23(13,28)14(2)12-25;;/h6-7,10-12,14,16,19-20,23,32H,5,8-9,13,15H2,1-4H3;9,11,13,17-20,27H,5-8,10,12,14H2,1-4H3;2*7-8,10,13,17-19,25,27-28H,2,5-6,9,11-12H2,1,3-4H3;2*1H/t16?,19-,20-,23?,25-,26-,27+,28+;17-,18-,19?,20-,23-,24-,25+;13-,17+,18+,19+,20+,21+,22+,23+;13-,17-,18-,19-,20-,21-,22-,23-;;/m0010../s1. The van der Waals surface area contributed by atoms with Gasteiger partial charge < -0.3 is 64.2 Å². The summed E-state index contributed by atoms with van der Waals surface area (Å²) in [7, 11) is 0. The van der Waals surface area contributed by atoms with Crippen molar-refractivity contribution in [1.82, 2.24) is 0 Å².